The first kappa shape index (κ1) is 13.7. The molecule has 0 spiro atoms. The first-order valence-electron chi connectivity index (χ1n) is 5.55. The standard InChI is InChI=1S/C12H18O5/c1-8(13)17-12(10(15)16-4)6-5-11(2,3)7-9(12)14/h5-7H2,1-4H3. The fourth-order valence-electron chi connectivity index (χ4n) is 2.10. The molecule has 5 nitrogen and oxygen atoms in total. The normalized spacial score (nSPS) is 27.4. The highest BCUT2D eigenvalue weighted by atomic mass is 16.6. The lowest BCUT2D eigenvalue weighted by molar-refractivity contribution is -0.188. The number of esters is 2. The Balaban J connectivity index is 3.04. The molecule has 0 heterocycles. The molecular formula is C12H18O5. The van der Waals surface area contributed by atoms with Crippen molar-refractivity contribution in [3.05, 3.63) is 0 Å². The van der Waals surface area contributed by atoms with Crippen LogP contribution in [-0.4, -0.2) is 30.4 Å². The van der Waals surface area contributed by atoms with Gasteiger partial charge >= 0.3 is 11.9 Å². The van der Waals surface area contributed by atoms with Crippen LogP contribution in [0.1, 0.15) is 40.0 Å². The van der Waals surface area contributed by atoms with Gasteiger partial charge in [-0.3, -0.25) is 9.59 Å². The molecule has 17 heavy (non-hydrogen) atoms. The number of carbonyl (C=O) groups is 3. The molecule has 5 heteroatoms. The van der Waals surface area contributed by atoms with E-state index in [0.29, 0.717) is 6.42 Å². The van der Waals surface area contributed by atoms with Gasteiger partial charge in [-0.1, -0.05) is 13.8 Å². The van der Waals surface area contributed by atoms with Crippen molar-refractivity contribution in [3.63, 3.8) is 0 Å². The lowest BCUT2D eigenvalue weighted by Crippen LogP contribution is -2.55. The molecule has 1 fully saturated rings. The molecule has 1 aliphatic rings. The molecule has 96 valence electrons. The molecule has 1 unspecified atom stereocenters. The molecule has 0 bridgehead atoms. The molecule has 0 aromatic heterocycles. The fourth-order valence-corrected chi connectivity index (χ4v) is 2.10. The van der Waals surface area contributed by atoms with E-state index in [0.717, 1.165) is 0 Å². The zero-order valence-corrected chi connectivity index (χ0v) is 10.7. The summed E-state index contributed by atoms with van der Waals surface area (Å²) in [7, 11) is 1.18. The summed E-state index contributed by atoms with van der Waals surface area (Å²) < 4.78 is 9.57. The number of ketones is 1. The van der Waals surface area contributed by atoms with Crippen LogP contribution in [0.2, 0.25) is 0 Å². The minimum Gasteiger partial charge on any atom is -0.466 e. The van der Waals surface area contributed by atoms with E-state index in [4.69, 9.17) is 4.74 Å². The molecule has 1 saturated carbocycles. The smallest absolute Gasteiger partial charge is 0.358 e. The summed E-state index contributed by atoms with van der Waals surface area (Å²) >= 11 is 0. The van der Waals surface area contributed by atoms with Crippen LogP contribution in [0.3, 0.4) is 0 Å². The Kier molecular flexibility index (Phi) is 3.59. The monoisotopic (exact) mass is 242 g/mol. The third kappa shape index (κ3) is 2.65. The second kappa shape index (κ2) is 4.47. The molecule has 0 N–H and O–H groups in total. The number of rotatable bonds is 2. The third-order valence-electron chi connectivity index (χ3n) is 3.08. The molecule has 1 rings (SSSR count). The molecule has 1 atom stereocenters. The molecule has 1 aliphatic carbocycles. The molecular weight excluding hydrogens is 224 g/mol. The van der Waals surface area contributed by atoms with Gasteiger partial charge in [0.25, 0.3) is 5.60 Å². The minimum atomic E-state index is -1.73. The Bertz CT molecular complexity index is 358. The number of hydrogen-bond donors (Lipinski definition) is 0. The van der Waals surface area contributed by atoms with Crippen molar-refractivity contribution in [3.8, 4) is 0 Å². The van der Waals surface area contributed by atoms with Crippen LogP contribution in [0.25, 0.3) is 0 Å². The number of ether oxygens (including phenoxy) is 2. The Morgan fingerprint density at radius 3 is 2.24 bits per heavy atom. The van der Waals surface area contributed by atoms with E-state index in [-0.39, 0.29) is 24.0 Å². The lowest BCUT2D eigenvalue weighted by Gasteiger charge is -2.39. The number of hydrogen-bond acceptors (Lipinski definition) is 5. The predicted octanol–water partition coefficient (Wildman–Crippen LogP) is 1.24. The predicted molar refractivity (Wildman–Crippen MR) is 59.2 cm³/mol. The van der Waals surface area contributed by atoms with E-state index in [1.807, 2.05) is 13.8 Å². The van der Waals surface area contributed by atoms with Crippen LogP contribution in [0.5, 0.6) is 0 Å². The minimum absolute atomic E-state index is 0.172. The van der Waals surface area contributed by atoms with Crippen molar-refractivity contribution in [1.82, 2.24) is 0 Å². The van der Waals surface area contributed by atoms with E-state index in [9.17, 15) is 14.4 Å². The van der Waals surface area contributed by atoms with E-state index >= 15 is 0 Å². The topological polar surface area (TPSA) is 69.7 Å². The van der Waals surface area contributed by atoms with Gasteiger partial charge in [0.1, 0.15) is 0 Å². The van der Waals surface area contributed by atoms with Crippen molar-refractivity contribution < 1.29 is 23.9 Å². The molecule has 0 amide bonds. The van der Waals surface area contributed by atoms with Crippen molar-refractivity contribution in [2.24, 2.45) is 5.41 Å². The molecule has 0 saturated heterocycles. The van der Waals surface area contributed by atoms with E-state index in [1.54, 1.807) is 0 Å². The largest absolute Gasteiger partial charge is 0.466 e. The zero-order chi connectivity index (χ0) is 13.3. The first-order chi connectivity index (χ1) is 7.73. The van der Waals surface area contributed by atoms with Gasteiger partial charge in [0, 0.05) is 19.8 Å². The molecule has 0 aromatic carbocycles. The van der Waals surface area contributed by atoms with Crippen molar-refractivity contribution >= 4 is 17.7 Å². The zero-order valence-electron chi connectivity index (χ0n) is 10.7. The van der Waals surface area contributed by atoms with Gasteiger partial charge in [-0.25, -0.2) is 4.79 Å². The van der Waals surface area contributed by atoms with Gasteiger partial charge in [-0.2, -0.15) is 0 Å². The Labute approximate surface area is 100 Å². The average Bonchev–Trinajstić information content (AvgIpc) is 2.20. The Morgan fingerprint density at radius 2 is 1.82 bits per heavy atom. The van der Waals surface area contributed by atoms with Gasteiger partial charge in [0.2, 0.25) is 0 Å². The van der Waals surface area contributed by atoms with Crippen LogP contribution < -0.4 is 0 Å². The van der Waals surface area contributed by atoms with Crippen LogP contribution >= 0.6 is 0 Å². The highest BCUT2D eigenvalue weighted by molar-refractivity contribution is 6.09. The van der Waals surface area contributed by atoms with Gasteiger partial charge in [-0.15, -0.1) is 0 Å². The van der Waals surface area contributed by atoms with Crippen LogP contribution in [0.15, 0.2) is 0 Å². The summed E-state index contributed by atoms with van der Waals surface area (Å²) in [6, 6.07) is 0. The summed E-state index contributed by atoms with van der Waals surface area (Å²) in [6.45, 7) is 5.07. The van der Waals surface area contributed by atoms with E-state index in [1.165, 1.54) is 14.0 Å². The summed E-state index contributed by atoms with van der Waals surface area (Å²) in [6.07, 6.45) is 1.02. The summed E-state index contributed by atoms with van der Waals surface area (Å²) in [4.78, 5) is 34.9. The Hall–Kier alpha value is -1.39. The Morgan fingerprint density at radius 1 is 1.24 bits per heavy atom. The number of Topliss-reactive ketones (excluding diaryl/α,β-unsaturated/α-hetero) is 1. The quantitative estimate of drug-likeness (QED) is 0.538. The molecule has 0 radical (unpaired) electrons. The first-order valence-corrected chi connectivity index (χ1v) is 5.55. The lowest BCUT2D eigenvalue weighted by atomic mass is 9.70. The maximum absolute atomic E-state index is 12.1. The highest BCUT2D eigenvalue weighted by Crippen LogP contribution is 2.40. The van der Waals surface area contributed by atoms with Crippen molar-refractivity contribution in [2.75, 3.05) is 7.11 Å². The average molecular weight is 242 g/mol. The van der Waals surface area contributed by atoms with E-state index < -0.39 is 17.5 Å². The summed E-state index contributed by atoms with van der Waals surface area (Å²) in [5, 5.41) is 0. The highest BCUT2D eigenvalue weighted by Gasteiger charge is 2.54. The second-order valence-corrected chi connectivity index (χ2v) is 5.18. The summed E-state index contributed by atoms with van der Waals surface area (Å²) in [5.41, 5.74) is -1.90. The second-order valence-electron chi connectivity index (χ2n) is 5.18. The third-order valence-corrected chi connectivity index (χ3v) is 3.08. The summed E-state index contributed by atoms with van der Waals surface area (Å²) in [5.74, 6) is -1.81. The van der Waals surface area contributed by atoms with Crippen LogP contribution in [0.4, 0.5) is 0 Å². The van der Waals surface area contributed by atoms with Gasteiger partial charge in [-0.05, 0) is 11.8 Å². The van der Waals surface area contributed by atoms with Crippen LogP contribution in [-0.2, 0) is 23.9 Å². The maximum atomic E-state index is 12.1. The molecule has 0 aromatic rings. The van der Waals surface area contributed by atoms with Crippen molar-refractivity contribution in [2.45, 2.75) is 45.6 Å². The van der Waals surface area contributed by atoms with E-state index in [2.05, 4.69) is 4.74 Å². The number of methoxy groups -OCH3 is 1. The van der Waals surface area contributed by atoms with Gasteiger partial charge in [0.15, 0.2) is 5.78 Å². The maximum Gasteiger partial charge on any atom is 0.358 e. The molecule has 0 aliphatic heterocycles. The number of carbonyl (C=O) groups excluding carboxylic acids is 3. The van der Waals surface area contributed by atoms with Gasteiger partial charge < -0.3 is 9.47 Å². The SMILES string of the molecule is COC(=O)C1(OC(C)=O)CCC(C)(C)CC1=O. The van der Waals surface area contributed by atoms with Crippen molar-refractivity contribution in [1.29, 1.82) is 0 Å². The fraction of sp³-hybridized carbons (Fsp3) is 0.750. The van der Waals surface area contributed by atoms with Gasteiger partial charge in [0.05, 0.1) is 7.11 Å². The van der Waals surface area contributed by atoms with Crippen LogP contribution in [0, 0.1) is 5.41 Å².